The van der Waals surface area contributed by atoms with E-state index < -0.39 is 0 Å². The molecular formula is C15H21N3O2. The van der Waals surface area contributed by atoms with E-state index in [9.17, 15) is 4.79 Å². The van der Waals surface area contributed by atoms with Crippen molar-refractivity contribution in [3.63, 3.8) is 0 Å². The third-order valence-electron chi connectivity index (χ3n) is 4.27. The largest absolute Gasteiger partial charge is 0.377 e. The summed E-state index contributed by atoms with van der Waals surface area (Å²) in [5.41, 5.74) is 1.02. The first-order chi connectivity index (χ1) is 9.83. The summed E-state index contributed by atoms with van der Waals surface area (Å²) >= 11 is 0. The van der Waals surface area contributed by atoms with Gasteiger partial charge in [0, 0.05) is 31.4 Å². The van der Waals surface area contributed by atoms with E-state index in [-0.39, 0.29) is 12.0 Å². The highest BCUT2D eigenvalue weighted by Crippen LogP contribution is 2.33. The van der Waals surface area contributed by atoms with E-state index in [0.29, 0.717) is 24.8 Å². The van der Waals surface area contributed by atoms with Crippen molar-refractivity contribution < 1.29 is 9.53 Å². The van der Waals surface area contributed by atoms with Crippen LogP contribution in [0.5, 0.6) is 0 Å². The van der Waals surface area contributed by atoms with Crippen LogP contribution in [0, 0.1) is 11.8 Å². The molecule has 0 radical (unpaired) electrons. The molecule has 0 unspecified atom stereocenters. The van der Waals surface area contributed by atoms with Gasteiger partial charge in [0.25, 0.3) is 0 Å². The third-order valence-corrected chi connectivity index (χ3v) is 4.27. The van der Waals surface area contributed by atoms with Crippen LogP contribution in [0.15, 0.2) is 24.5 Å². The Balaban J connectivity index is 1.47. The summed E-state index contributed by atoms with van der Waals surface area (Å²) in [5, 5.41) is 6.34. The van der Waals surface area contributed by atoms with Gasteiger partial charge in [-0.25, -0.2) is 0 Å². The molecule has 2 aliphatic rings. The summed E-state index contributed by atoms with van der Waals surface area (Å²) < 4.78 is 5.81. The molecule has 0 aromatic carbocycles. The molecule has 2 aliphatic heterocycles. The van der Waals surface area contributed by atoms with E-state index in [1.165, 1.54) is 0 Å². The molecule has 0 saturated carbocycles. The van der Waals surface area contributed by atoms with Crippen molar-refractivity contribution in [2.45, 2.75) is 25.5 Å². The summed E-state index contributed by atoms with van der Waals surface area (Å²) in [6.45, 7) is 3.39. The van der Waals surface area contributed by atoms with Crippen LogP contribution in [-0.2, 0) is 16.1 Å². The number of piperidine rings is 1. The Morgan fingerprint density at radius 1 is 1.55 bits per heavy atom. The molecule has 0 aliphatic carbocycles. The number of hydrogen-bond acceptors (Lipinski definition) is 4. The van der Waals surface area contributed by atoms with Crippen LogP contribution in [0.3, 0.4) is 0 Å². The minimum atomic E-state index is 0.0676. The van der Waals surface area contributed by atoms with Crippen molar-refractivity contribution in [1.82, 2.24) is 15.6 Å². The molecule has 5 nitrogen and oxygen atoms in total. The fraction of sp³-hybridized carbons (Fsp3) is 0.600. The van der Waals surface area contributed by atoms with Crippen molar-refractivity contribution in [3.05, 3.63) is 30.1 Å². The number of carbonyl (C=O) groups excluding carboxylic acids is 1. The Hall–Kier alpha value is -1.46. The van der Waals surface area contributed by atoms with Crippen LogP contribution in [0.25, 0.3) is 0 Å². The number of amides is 1. The zero-order chi connectivity index (χ0) is 13.8. The molecule has 3 atom stereocenters. The Kier molecular flexibility index (Phi) is 4.28. The Bertz CT molecular complexity index is 452. The predicted molar refractivity (Wildman–Crippen MR) is 74.9 cm³/mol. The molecule has 1 aromatic heterocycles. The molecule has 2 fully saturated rings. The first-order valence-corrected chi connectivity index (χ1v) is 7.31. The van der Waals surface area contributed by atoms with E-state index in [1.807, 2.05) is 12.1 Å². The van der Waals surface area contributed by atoms with Crippen molar-refractivity contribution >= 4 is 5.91 Å². The van der Waals surface area contributed by atoms with Crippen LogP contribution in [0.2, 0.25) is 0 Å². The smallest absolute Gasteiger partial charge is 0.222 e. The minimum absolute atomic E-state index is 0.0676. The van der Waals surface area contributed by atoms with Crippen LogP contribution in [0.1, 0.15) is 18.4 Å². The molecule has 1 amide bonds. The first-order valence-electron chi connectivity index (χ1n) is 7.31. The summed E-state index contributed by atoms with van der Waals surface area (Å²) in [4.78, 5) is 16.1. The van der Waals surface area contributed by atoms with Crippen LogP contribution in [-0.4, -0.2) is 36.7 Å². The number of fused-ring (bicyclic) bond motifs is 1. The summed E-state index contributed by atoms with van der Waals surface area (Å²) in [6.07, 6.45) is 5.19. The number of ether oxygens (including phenoxy) is 1. The highest BCUT2D eigenvalue weighted by atomic mass is 16.5. The van der Waals surface area contributed by atoms with Crippen molar-refractivity contribution in [3.8, 4) is 0 Å². The maximum absolute atomic E-state index is 12.0. The van der Waals surface area contributed by atoms with Gasteiger partial charge in [0.05, 0.1) is 19.1 Å². The fourth-order valence-electron chi connectivity index (χ4n) is 3.15. The first kappa shape index (κ1) is 13.5. The quantitative estimate of drug-likeness (QED) is 0.849. The average Bonchev–Trinajstić information content (AvgIpc) is 2.90. The lowest BCUT2D eigenvalue weighted by Crippen LogP contribution is -2.39. The maximum Gasteiger partial charge on any atom is 0.222 e. The van der Waals surface area contributed by atoms with Gasteiger partial charge in [-0.15, -0.1) is 0 Å². The number of nitrogens with zero attached hydrogens (tertiary/aromatic N) is 1. The summed E-state index contributed by atoms with van der Waals surface area (Å²) in [7, 11) is 0. The molecule has 3 heterocycles. The summed E-state index contributed by atoms with van der Waals surface area (Å²) in [5.74, 6) is 1.19. The average molecular weight is 275 g/mol. The second-order valence-electron chi connectivity index (χ2n) is 5.63. The van der Waals surface area contributed by atoms with Crippen LogP contribution >= 0.6 is 0 Å². The monoisotopic (exact) mass is 275 g/mol. The lowest BCUT2D eigenvalue weighted by molar-refractivity contribution is -0.123. The van der Waals surface area contributed by atoms with E-state index in [2.05, 4.69) is 15.6 Å². The number of nitrogens with one attached hydrogen (secondary N) is 2. The molecule has 5 heteroatoms. The lowest BCUT2D eigenvalue weighted by Gasteiger charge is -2.27. The number of aromatic nitrogens is 1. The standard InChI is InChI=1S/C15H21N3O2/c19-15(18-8-11-2-1-4-16-7-11)6-14-13-3-5-17-9-12(13)10-20-14/h1-2,4,7,12-14,17H,3,5-6,8-10H2,(H,18,19)/t12-,13-,14+/m1/s1. The van der Waals surface area contributed by atoms with Crippen molar-refractivity contribution in [2.24, 2.45) is 11.8 Å². The van der Waals surface area contributed by atoms with Gasteiger partial charge in [-0.3, -0.25) is 9.78 Å². The predicted octanol–water partition coefficient (Wildman–Crippen LogP) is 0.712. The van der Waals surface area contributed by atoms with Gasteiger partial charge in [0.2, 0.25) is 5.91 Å². The zero-order valence-corrected chi connectivity index (χ0v) is 11.5. The second-order valence-corrected chi connectivity index (χ2v) is 5.63. The van der Waals surface area contributed by atoms with E-state index >= 15 is 0 Å². The van der Waals surface area contributed by atoms with E-state index in [4.69, 9.17) is 4.74 Å². The highest BCUT2D eigenvalue weighted by molar-refractivity contribution is 5.76. The fourth-order valence-corrected chi connectivity index (χ4v) is 3.15. The molecule has 3 rings (SSSR count). The van der Waals surface area contributed by atoms with Gasteiger partial charge in [0.15, 0.2) is 0 Å². The van der Waals surface area contributed by atoms with Gasteiger partial charge in [0.1, 0.15) is 0 Å². The lowest BCUT2D eigenvalue weighted by atomic mass is 9.84. The molecule has 2 N–H and O–H groups in total. The molecule has 1 aromatic rings. The topological polar surface area (TPSA) is 63.2 Å². The highest BCUT2D eigenvalue weighted by Gasteiger charge is 2.39. The van der Waals surface area contributed by atoms with Crippen LogP contribution < -0.4 is 10.6 Å². The van der Waals surface area contributed by atoms with Crippen LogP contribution in [0.4, 0.5) is 0 Å². The van der Waals surface area contributed by atoms with Crippen molar-refractivity contribution in [2.75, 3.05) is 19.7 Å². The SMILES string of the molecule is O=C(C[C@@H]1OC[C@H]2CNCC[C@H]21)NCc1cccnc1. The maximum atomic E-state index is 12.0. The molecular weight excluding hydrogens is 254 g/mol. The molecule has 108 valence electrons. The Morgan fingerprint density at radius 2 is 2.50 bits per heavy atom. The van der Waals surface area contributed by atoms with Gasteiger partial charge in [-0.05, 0) is 30.5 Å². The van der Waals surface area contributed by atoms with Gasteiger partial charge in [-0.1, -0.05) is 6.07 Å². The van der Waals surface area contributed by atoms with Gasteiger partial charge < -0.3 is 15.4 Å². The van der Waals surface area contributed by atoms with E-state index in [1.54, 1.807) is 12.4 Å². The van der Waals surface area contributed by atoms with E-state index in [0.717, 1.165) is 31.7 Å². The number of carbonyl (C=O) groups is 1. The molecule has 0 bridgehead atoms. The summed E-state index contributed by atoms with van der Waals surface area (Å²) in [6, 6.07) is 3.84. The molecule has 20 heavy (non-hydrogen) atoms. The number of pyridine rings is 1. The zero-order valence-electron chi connectivity index (χ0n) is 11.5. The second kappa shape index (κ2) is 6.33. The molecule has 0 spiro atoms. The number of rotatable bonds is 4. The third kappa shape index (κ3) is 3.16. The Morgan fingerprint density at radius 3 is 3.35 bits per heavy atom. The minimum Gasteiger partial charge on any atom is -0.377 e. The normalized spacial score (nSPS) is 28.9. The molecule has 2 saturated heterocycles. The van der Waals surface area contributed by atoms with Gasteiger partial charge >= 0.3 is 0 Å². The number of hydrogen-bond donors (Lipinski definition) is 2. The van der Waals surface area contributed by atoms with Gasteiger partial charge in [-0.2, -0.15) is 0 Å². The van der Waals surface area contributed by atoms with Crippen molar-refractivity contribution in [1.29, 1.82) is 0 Å². The Labute approximate surface area is 119 Å².